The molecule has 1 aliphatic heterocycles. The van der Waals surface area contributed by atoms with E-state index >= 15 is 0 Å². The molecule has 0 spiro atoms. The number of carbonyl (C=O) groups excluding carboxylic acids is 1. The first-order valence-corrected chi connectivity index (χ1v) is 6.03. The summed E-state index contributed by atoms with van der Waals surface area (Å²) in [6.45, 7) is 2.51. The molecule has 0 bridgehead atoms. The Bertz CT molecular complexity index is 427. The Morgan fingerprint density at radius 2 is 1.94 bits per heavy atom. The van der Waals surface area contributed by atoms with Crippen molar-refractivity contribution in [3.8, 4) is 11.5 Å². The third-order valence-corrected chi connectivity index (χ3v) is 3.03. The van der Waals surface area contributed by atoms with E-state index in [0.717, 1.165) is 5.56 Å². The van der Waals surface area contributed by atoms with Gasteiger partial charge in [0, 0.05) is 19.5 Å². The minimum absolute atomic E-state index is 0.103. The van der Waals surface area contributed by atoms with E-state index in [0.29, 0.717) is 39.1 Å². The molecule has 0 radical (unpaired) electrons. The van der Waals surface area contributed by atoms with E-state index in [2.05, 4.69) is 0 Å². The average molecular weight is 251 g/mol. The van der Waals surface area contributed by atoms with Gasteiger partial charge in [-0.1, -0.05) is 6.07 Å². The summed E-state index contributed by atoms with van der Waals surface area (Å²) < 4.78 is 5.19. The van der Waals surface area contributed by atoms with E-state index in [9.17, 15) is 15.0 Å². The number of carbonyl (C=O) groups is 1. The van der Waals surface area contributed by atoms with Gasteiger partial charge in [-0.05, 0) is 24.1 Å². The lowest BCUT2D eigenvalue weighted by Gasteiger charge is -2.26. The van der Waals surface area contributed by atoms with Gasteiger partial charge in [0.05, 0.1) is 13.2 Å². The summed E-state index contributed by atoms with van der Waals surface area (Å²) in [4.78, 5) is 13.7. The predicted molar refractivity (Wildman–Crippen MR) is 65.5 cm³/mol. The number of hydrogen-bond acceptors (Lipinski definition) is 4. The largest absolute Gasteiger partial charge is 0.504 e. The van der Waals surface area contributed by atoms with Crippen molar-refractivity contribution in [3.05, 3.63) is 23.8 Å². The maximum absolute atomic E-state index is 11.9. The van der Waals surface area contributed by atoms with Gasteiger partial charge in [0.1, 0.15) is 0 Å². The third kappa shape index (κ3) is 3.13. The zero-order valence-electron chi connectivity index (χ0n) is 10.1. The van der Waals surface area contributed by atoms with Crippen LogP contribution >= 0.6 is 0 Å². The van der Waals surface area contributed by atoms with Crippen LogP contribution in [0.1, 0.15) is 12.0 Å². The number of hydrogen-bond donors (Lipinski definition) is 2. The van der Waals surface area contributed by atoms with E-state index < -0.39 is 0 Å². The van der Waals surface area contributed by atoms with Crippen LogP contribution < -0.4 is 0 Å². The molecule has 1 fully saturated rings. The van der Waals surface area contributed by atoms with Crippen molar-refractivity contribution in [2.24, 2.45) is 0 Å². The van der Waals surface area contributed by atoms with Gasteiger partial charge in [-0.2, -0.15) is 0 Å². The Labute approximate surface area is 106 Å². The highest BCUT2D eigenvalue weighted by molar-refractivity contribution is 5.76. The number of rotatable bonds is 3. The Balaban J connectivity index is 1.86. The van der Waals surface area contributed by atoms with Crippen LogP contribution in [-0.4, -0.2) is 47.3 Å². The van der Waals surface area contributed by atoms with Gasteiger partial charge in [0.25, 0.3) is 0 Å². The first-order valence-electron chi connectivity index (χ1n) is 6.03. The first kappa shape index (κ1) is 12.7. The highest BCUT2D eigenvalue weighted by atomic mass is 16.5. The molecule has 1 aromatic carbocycles. The molecule has 2 N–H and O–H groups in total. The number of ether oxygens (including phenoxy) is 1. The molecule has 5 nitrogen and oxygen atoms in total. The average Bonchev–Trinajstić information content (AvgIpc) is 2.41. The molecule has 98 valence electrons. The fourth-order valence-corrected chi connectivity index (χ4v) is 1.95. The number of amides is 1. The minimum atomic E-state index is -0.147. The molecule has 0 aliphatic carbocycles. The Morgan fingerprint density at radius 1 is 1.22 bits per heavy atom. The standard InChI is InChI=1S/C13H17NO4/c15-11-3-1-10(9-12(11)16)2-4-13(17)14-5-7-18-8-6-14/h1,3,9,15-16H,2,4-8H2. The fourth-order valence-electron chi connectivity index (χ4n) is 1.95. The second kappa shape index (κ2) is 5.73. The lowest BCUT2D eigenvalue weighted by Crippen LogP contribution is -2.40. The van der Waals surface area contributed by atoms with Crippen molar-refractivity contribution in [1.82, 2.24) is 4.90 Å². The smallest absolute Gasteiger partial charge is 0.223 e. The Morgan fingerprint density at radius 3 is 2.61 bits per heavy atom. The summed E-state index contributed by atoms with van der Waals surface area (Å²) in [6.07, 6.45) is 0.967. The SMILES string of the molecule is O=C(CCc1ccc(O)c(O)c1)N1CCOCC1. The van der Waals surface area contributed by atoms with Crippen molar-refractivity contribution in [1.29, 1.82) is 0 Å². The van der Waals surface area contributed by atoms with Gasteiger partial charge in [0.2, 0.25) is 5.91 Å². The zero-order chi connectivity index (χ0) is 13.0. The zero-order valence-corrected chi connectivity index (χ0v) is 10.1. The monoisotopic (exact) mass is 251 g/mol. The highest BCUT2D eigenvalue weighted by Crippen LogP contribution is 2.25. The molecule has 1 amide bonds. The van der Waals surface area contributed by atoms with Gasteiger partial charge in [-0.3, -0.25) is 4.79 Å². The van der Waals surface area contributed by atoms with Crippen molar-refractivity contribution in [2.75, 3.05) is 26.3 Å². The van der Waals surface area contributed by atoms with Gasteiger partial charge in [-0.15, -0.1) is 0 Å². The third-order valence-electron chi connectivity index (χ3n) is 3.03. The van der Waals surface area contributed by atoms with Crippen LogP contribution in [0.15, 0.2) is 18.2 Å². The topological polar surface area (TPSA) is 70.0 Å². The van der Waals surface area contributed by atoms with Gasteiger partial charge in [0.15, 0.2) is 11.5 Å². The summed E-state index contributed by atoms with van der Waals surface area (Å²) in [5.41, 5.74) is 0.840. The van der Waals surface area contributed by atoms with E-state index in [4.69, 9.17) is 4.74 Å². The number of aromatic hydroxyl groups is 2. The van der Waals surface area contributed by atoms with Crippen molar-refractivity contribution in [2.45, 2.75) is 12.8 Å². The molecule has 0 aromatic heterocycles. The molecule has 1 aromatic rings. The van der Waals surface area contributed by atoms with Gasteiger partial charge >= 0.3 is 0 Å². The van der Waals surface area contributed by atoms with E-state index in [1.54, 1.807) is 11.0 Å². The van der Waals surface area contributed by atoms with Crippen LogP contribution in [0.5, 0.6) is 11.5 Å². The summed E-state index contributed by atoms with van der Waals surface area (Å²) in [5, 5.41) is 18.5. The molecular weight excluding hydrogens is 234 g/mol. The van der Waals surface area contributed by atoms with E-state index in [1.165, 1.54) is 12.1 Å². The predicted octanol–water partition coefficient (Wildman–Crippen LogP) is 0.889. The minimum Gasteiger partial charge on any atom is -0.504 e. The number of aryl methyl sites for hydroxylation is 1. The fraction of sp³-hybridized carbons (Fsp3) is 0.462. The molecule has 2 rings (SSSR count). The quantitative estimate of drug-likeness (QED) is 0.783. The lowest BCUT2D eigenvalue weighted by atomic mass is 10.1. The molecule has 0 unspecified atom stereocenters. The number of nitrogens with zero attached hydrogens (tertiary/aromatic N) is 1. The molecule has 0 atom stereocenters. The van der Waals surface area contributed by atoms with Crippen LogP contribution in [0.25, 0.3) is 0 Å². The lowest BCUT2D eigenvalue weighted by molar-refractivity contribution is -0.135. The van der Waals surface area contributed by atoms with Gasteiger partial charge in [-0.25, -0.2) is 0 Å². The molecule has 1 aliphatic rings. The number of phenolic OH excluding ortho intramolecular Hbond substituents is 2. The highest BCUT2D eigenvalue weighted by Gasteiger charge is 2.16. The van der Waals surface area contributed by atoms with E-state index in [1.807, 2.05) is 0 Å². The summed E-state index contributed by atoms with van der Waals surface area (Å²) >= 11 is 0. The molecule has 0 saturated carbocycles. The molecule has 5 heteroatoms. The molecule has 18 heavy (non-hydrogen) atoms. The number of benzene rings is 1. The Kier molecular flexibility index (Phi) is 4.04. The molecule has 1 heterocycles. The second-order valence-electron chi connectivity index (χ2n) is 4.32. The van der Waals surface area contributed by atoms with Crippen LogP contribution in [0.4, 0.5) is 0 Å². The molecular formula is C13H17NO4. The maximum atomic E-state index is 11.9. The summed E-state index contributed by atoms with van der Waals surface area (Å²) in [5.74, 6) is -0.185. The Hall–Kier alpha value is -1.75. The number of phenols is 2. The van der Waals surface area contributed by atoms with Gasteiger partial charge < -0.3 is 19.8 Å². The first-order chi connectivity index (χ1) is 8.66. The maximum Gasteiger partial charge on any atom is 0.223 e. The normalized spacial score (nSPS) is 15.7. The molecule has 1 saturated heterocycles. The van der Waals surface area contributed by atoms with Crippen LogP contribution in [0.3, 0.4) is 0 Å². The van der Waals surface area contributed by atoms with Crippen LogP contribution in [0.2, 0.25) is 0 Å². The summed E-state index contributed by atoms with van der Waals surface area (Å²) in [7, 11) is 0. The second-order valence-corrected chi connectivity index (χ2v) is 4.32. The van der Waals surface area contributed by atoms with E-state index in [-0.39, 0.29) is 17.4 Å². The van der Waals surface area contributed by atoms with Crippen molar-refractivity contribution in [3.63, 3.8) is 0 Å². The van der Waals surface area contributed by atoms with Crippen LogP contribution in [0, 0.1) is 0 Å². The van der Waals surface area contributed by atoms with Crippen LogP contribution in [-0.2, 0) is 16.0 Å². The number of morpholine rings is 1. The van der Waals surface area contributed by atoms with Crippen molar-refractivity contribution < 1.29 is 19.7 Å². The van der Waals surface area contributed by atoms with Crippen molar-refractivity contribution >= 4 is 5.91 Å². The summed E-state index contributed by atoms with van der Waals surface area (Å²) in [6, 6.07) is 4.63.